The van der Waals surface area contributed by atoms with Crippen LogP contribution in [0.3, 0.4) is 0 Å². The summed E-state index contributed by atoms with van der Waals surface area (Å²) in [6.45, 7) is 0.364. The fraction of sp³-hybridized carbons (Fsp3) is 0.222. The lowest BCUT2D eigenvalue weighted by molar-refractivity contribution is -0.130. The third-order valence-electron chi connectivity index (χ3n) is 3.78. The lowest BCUT2D eigenvalue weighted by atomic mass is 10.1. The lowest BCUT2D eigenvalue weighted by Crippen LogP contribution is -2.40. The molecule has 0 aromatic heterocycles. The molecule has 1 atom stereocenters. The van der Waals surface area contributed by atoms with Gasteiger partial charge in [-0.05, 0) is 35.9 Å². The van der Waals surface area contributed by atoms with Crippen LogP contribution in [0.1, 0.15) is 12.0 Å². The summed E-state index contributed by atoms with van der Waals surface area (Å²) in [5.41, 5.74) is 1.44. The number of fused-ring (bicyclic) bond motifs is 1. The summed E-state index contributed by atoms with van der Waals surface area (Å²) in [5.74, 6) is 0.612. The highest BCUT2D eigenvalue weighted by Gasteiger charge is 2.29. The van der Waals surface area contributed by atoms with E-state index in [0.717, 1.165) is 11.3 Å². The maximum absolute atomic E-state index is 12.1. The first-order valence-electron chi connectivity index (χ1n) is 7.72. The fourth-order valence-corrected chi connectivity index (χ4v) is 2.61. The average Bonchev–Trinajstić information content (AvgIpc) is 2.61. The molecule has 0 radical (unpaired) electrons. The van der Waals surface area contributed by atoms with Gasteiger partial charge in [-0.2, -0.15) is 0 Å². The first-order valence-corrected chi connectivity index (χ1v) is 8.09. The summed E-state index contributed by atoms with van der Waals surface area (Å²) >= 11 is 5.88. The molecule has 0 spiro atoms. The van der Waals surface area contributed by atoms with E-state index in [9.17, 15) is 9.59 Å². The predicted octanol–water partition coefficient (Wildman–Crippen LogP) is 2.75. The number of ether oxygens (including phenoxy) is 2. The number of hydrogen-bond acceptors (Lipinski definition) is 4. The maximum atomic E-state index is 12.1. The van der Waals surface area contributed by atoms with Crippen molar-refractivity contribution >= 4 is 29.1 Å². The van der Waals surface area contributed by atoms with Crippen LogP contribution in [0.2, 0.25) is 5.02 Å². The minimum Gasteiger partial charge on any atom is -0.497 e. The molecular formula is C18H17ClN2O4. The number of benzene rings is 2. The number of carbonyl (C=O) groups excluding carboxylic acids is 2. The molecule has 1 aliphatic heterocycles. The number of methoxy groups -OCH3 is 1. The molecule has 0 saturated heterocycles. The zero-order valence-electron chi connectivity index (χ0n) is 13.5. The minimum atomic E-state index is -0.871. The van der Waals surface area contributed by atoms with E-state index in [1.807, 2.05) is 24.3 Å². The normalized spacial score (nSPS) is 15.6. The molecule has 0 bridgehead atoms. The molecule has 130 valence electrons. The molecule has 0 unspecified atom stereocenters. The zero-order chi connectivity index (χ0) is 17.8. The van der Waals surface area contributed by atoms with Crippen LogP contribution in [0.15, 0.2) is 42.5 Å². The van der Waals surface area contributed by atoms with Crippen LogP contribution in [0.5, 0.6) is 11.5 Å². The summed E-state index contributed by atoms with van der Waals surface area (Å²) in [7, 11) is 1.60. The first kappa shape index (κ1) is 17.1. The Morgan fingerprint density at radius 1 is 1.28 bits per heavy atom. The molecule has 25 heavy (non-hydrogen) atoms. The van der Waals surface area contributed by atoms with Crippen molar-refractivity contribution in [3.8, 4) is 11.5 Å². The van der Waals surface area contributed by atoms with Gasteiger partial charge in [0.1, 0.15) is 11.5 Å². The highest BCUT2D eigenvalue weighted by Crippen LogP contribution is 2.32. The molecule has 2 aromatic carbocycles. The molecule has 1 heterocycles. The van der Waals surface area contributed by atoms with Gasteiger partial charge in [0.2, 0.25) is 5.91 Å². The van der Waals surface area contributed by atoms with Crippen LogP contribution >= 0.6 is 11.6 Å². The Kier molecular flexibility index (Phi) is 5.09. The second-order valence-electron chi connectivity index (χ2n) is 5.57. The van der Waals surface area contributed by atoms with E-state index >= 15 is 0 Å². The number of nitrogens with one attached hydrogen (secondary N) is 2. The van der Waals surface area contributed by atoms with Crippen molar-refractivity contribution in [3.63, 3.8) is 0 Å². The minimum absolute atomic E-state index is 0.0654. The Morgan fingerprint density at radius 2 is 2.04 bits per heavy atom. The summed E-state index contributed by atoms with van der Waals surface area (Å²) in [4.78, 5) is 24.2. The second-order valence-corrected chi connectivity index (χ2v) is 6.00. The Hall–Kier alpha value is -2.73. The van der Waals surface area contributed by atoms with Gasteiger partial charge in [0.15, 0.2) is 6.10 Å². The average molecular weight is 361 g/mol. The van der Waals surface area contributed by atoms with Crippen molar-refractivity contribution in [2.75, 3.05) is 12.4 Å². The maximum Gasteiger partial charge on any atom is 0.266 e. The van der Waals surface area contributed by atoms with E-state index in [4.69, 9.17) is 21.1 Å². The van der Waals surface area contributed by atoms with Gasteiger partial charge in [-0.25, -0.2) is 0 Å². The van der Waals surface area contributed by atoms with Crippen molar-refractivity contribution < 1.29 is 19.1 Å². The van der Waals surface area contributed by atoms with Gasteiger partial charge in [0.25, 0.3) is 5.91 Å². The van der Waals surface area contributed by atoms with Gasteiger partial charge in [0.05, 0.1) is 19.2 Å². The monoisotopic (exact) mass is 360 g/mol. The van der Waals surface area contributed by atoms with Crippen LogP contribution < -0.4 is 20.1 Å². The molecule has 0 saturated carbocycles. The molecule has 0 aliphatic carbocycles. The Bertz CT molecular complexity index is 792. The van der Waals surface area contributed by atoms with Crippen LogP contribution in [-0.2, 0) is 16.1 Å². The predicted molar refractivity (Wildman–Crippen MR) is 94.0 cm³/mol. The SMILES string of the molecule is COc1ccc(CNC(=O)C[C@H]2Oc3ccc(Cl)cc3NC2=O)cc1. The third kappa shape index (κ3) is 4.22. The molecule has 2 N–H and O–H groups in total. The number of amides is 2. The topological polar surface area (TPSA) is 76.7 Å². The number of rotatable bonds is 5. The Labute approximate surface area is 150 Å². The molecule has 7 heteroatoms. The van der Waals surface area contributed by atoms with E-state index in [2.05, 4.69) is 10.6 Å². The van der Waals surface area contributed by atoms with Crippen molar-refractivity contribution in [2.24, 2.45) is 0 Å². The van der Waals surface area contributed by atoms with Crippen LogP contribution in [-0.4, -0.2) is 25.0 Å². The first-order chi connectivity index (χ1) is 12.0. The highest BCUT2D eigenvalue weighted by molar-refractivity contribution is 6.31. The van der Waals surface area contributed by atoms with Crippen molar-refractivity contribution in [1.82, 2.24) is 5.32 Å². The molecule has 1 aliphatic rings. The number of carbonyl (C=O) groups is 2. The summed E-state index contributed by atoms with van der Waals surface area (Å²) in [6, 6.07) is 12.3. The number of halogens is 1. The number of anilines is 1. The molecule has 2 aromatic rings. The molecule has 6 nitrogen and oxygen atoms in total. The largest absolute Gasteiger partial charge is 0.497 e. The molecule has 3 rings (SSSR count). The van der Waals surface area contributed by atoms with Crippen LogP contribution in [0.4, 0.5) is 5.69 Å². The van der Waals surface area contributed by atoms with Gasteiger partial charge >= 0.3 is 0 Å². The highest BCUT2D eigenvalue weighted by atomic mass is 35.5. The van der Waals surface area contributed by atoms with E-state index in [1.165, 1.54) is 0 Å². The van der Waals surface area contributed by atoms with E-state index < -0.39 is 6.10 Å². The van der Waals surface area contributed by atoms with Gasteiger partial charge in [-0.3, -0.25) is 9.59 Å². The van der Waals surface area contributed by atoms with E-state index in [1.54, 1.807) is 25.3 Å². The summed E-state index contributed by atoms with van der Waals surface area (Å²) < 4.78 is 10.7. The smallest absolute Gasteiger partial charge is 0.266 e. The second kappa shape index (κ2) is 7.44. The van der Waals surface area contributed by atoms with Crippen LogP contribution in [0.25, 0.3) is 0 Å². The fourth-order valence-electron chi connectivity index (χ4n) is 2.44. The van der Waals surface area contributed by atoms with Crippen molar-refractivity contribution in [1.29, 1.82) is 0 Å². The van der Waals surface area contributed by atoms with Crippen molar-refractivity contribution in [2.45, 2.75) is 19.1 Å². The molecular weight excluding hydrogens is 344 g/mol. The van der Waals surface area contributed by atoms with Crippen molar-refractivity contribution in [3.05, 3.63) is 53.1 Å². The van der Waals surface area contributed by atoms with Crippen LogP contribution in [0, 0.1) is 0 Å². The van der Waals surface area contributed by atoms with Gasteiger partial charge in [0, 0.05) is 11.6 Å². The quantitative estimate of drug-likeness (QED) is 0.859. The molecule has 0 fully saturated rings. The van der Waals surface area contributed by atoms with Gasteiger partial charge in [-0.15, -0.1) is 0 Å². The Balaban J connectivity index is 1.55. The Morgan fingerprint density at radius 3 is 2.76 bits per heavy atom. The van der Waals surface area contributed by atoms with E-state index in [-0.39, 0.29) is 18.2 Å². The van der Waals surface area contributed by atoms with Gasteiger partial charge < -0.3 is 20.1 Å². The summed E-state index contributed by atoms with van der Waals surface area (Å²) in [5, 5.41) is 5.98. The lowest BCUT2D eigenvalue weighted by Gasteiger charge is -2.25. The number of hydrogen-bond donors (Lipinski definition) is 2. The standard InChI is InChI=1S/C18H17ClN2O4/c1-24-13-5-2-11(3-6-13)10-20-17(22)9-16-18(23)21-14-8-12(19)4-7-15(14)25-16/h2-8,16H,9-10H2,1H3,(H,20,22)(H,21,23)/t16-/m1/s1. The van der Waals surface area contributed by atoms with E-state index in [0.29, 0.717) is 23.0 Å². The third-order valence-corrected chi connectivity index (χ3v) is 4.02. The zero-order valence-corrected chi connectivity index (χ0v) is 14.3. The summed E-state index contributed by atoms with van der Waals surface area (Å²) in [6.07, 6.45) is -0.936. The van der Waals surface area contributed by atoms with Gasteiger partial charge in [-0.1, -0.05) is 23.7 Å². The molecule has 2 amide bonds.